The summed E-state index contributed by atoms with van der Waals surface area (Å²) in [5.74, 6) is 0.678. The summed E-state index contributed by atoms with van der Waals surface area (Å²) < 4.78 is 36.0. The number of hydrogen-bond donors (Lipinski definition) is 2. The summed E-state index contributed by atoms with van der Waals surface area (Å²) in [6, 6.07) is 0. The fourth-order valence-electron chi connectivity index (χ4n) is 8.15. The van der Waals surface area contributed by atoms with Crippen LogP contribution in [0.15, 0.2) is 0 Å². The van der Waals surface area contributed by atoms with Crippen molar-refractivity contribution in [3.8, 4) is 0 Å². The molecule has 0 radical (unpaired) electrons. The maximum absolute atomic E-state index is 12.2. The Kier molecular flexibility index (Phi) is 6.51. The van der Waals surface area contributed by atoms with Crippen molar-refractivity contribution in [3.63, 3.8) is 0 Å². The summed E-state index contributed by atoms with van der Waals surface area (Å²) in [6.07, 6.45) is 7.52. The first-order valence-corrected chi connectivity index (χ1v) is 12.2. The summed E-state index contributed by atoms with van der Waals surface area (Å²) in [4.78, 5) is 12.2. The van der Waals surface area contributed by atoms with E-state index in [0.717, 1.165) is 38.5 Å². The zero-order valence-corrected chi connectivity index (χ0v) is 18.0. The van der Waals surface area contributed by atoms with Crippen LogP contribution in [0.4, 0.5) is 0 Å². The van der Waals surface area contributed by atoms with E-state index in [1.54, 1.807) is 6.92 Å². The molecule has 4 aliphatic carbocycles. The quantitative estimate of drug-likeness (QED) is 0.399. The van der Waals surface area contributed by atoms with Gasteiger partial charge in [0.1, 0.15) is 5.78 Å². The van der Waals surface area contributed by atoms with Gasteiger partial charge < -0.3 is 5.11 Å². The Morgan fingerprint density at radius 1 is 0.966 bits per heavy atom. The molecule has 4 fully saturated rings. The number of carbonyl (C=O) groups excluding carboxylic acids is 1. The molecule has 162 valence electrons. The van der Waals surface area contributed by atoms with Gasteiger partial charge >= 0.3 is 40.0 Å². The third kappa shape index (κ3) is 4.03. The van der Waals surface area contributed by atoms with Crippen molar-refractivity contribution < 1.29 is 27.1 Å². The number of hydrogen-bond acceptors (Lipinski definition) is 5. The molecular formula is C21H35NaO6S. The first-order chi connectivity index (χ1) is 12.9. The molecule has 1 unspecified atom stereocenters. The van der Waals surface area contributed by atoms with Crippen LogP contribution >= 0.6 is 0 Å². The Morgan fingerprint density at radius 2 is 1.62 bits per heavy atom. The first kappa shape index (κ1) is 24.1. The fourth-order valence-corrected chi connectivity index (χ4v) is 8.69. The van der Waals surface area contributed by atoms with E-state index in [1.165, 1.54) is 0 Å². The summed E-state index contributed by atoms with van der Waals surface area (Å²) in [7, 11) is -4.68. The van der Waals surface area contributed by atoms with Crippen LogP contribution in [0.25, 0.3) is 0 Å². The molecule has 0 bridgehead atoms. The fraction of sp³-hybridized carbons (Fsp3) is 0.952. The molecular weight excluding hydrogens is 403 g/mol. The third-order valence-corrected chi connectivity index (χ3v) is 9.96. The second kappa shape index (κ2) is 7.82. The first-order valence-electron chi connectivity index (χ1n) is 10.8. The van der Waals surface area contributed by atoms with Crippen molar-refractivity contribution >= 4 is 45.7 Å². The van der Waals surface area contributed by atoms with Gasteiger partial charge in [-0.1, -0.05) is 13.8 Å². The van der Waals surface area contributed by atoms with Crippen LogP contribution in [0.5, 0.6) is 0 Å². The molecule has 0 spiro atoms. The van der Waals surface area contributed by atoms with Crippen LogP contribution in [0, 0.1) is 40.4 Å². The van der Waals surface area contributed by atoms with Crippen LogP contribution < -0.4 is 0 Å². The topological polar surface area (TPSA) is 101 Å². The molecule has 8 heteroatoms. The summed E-state index contributed by atoms with van der Waals surface area (Å²) in [6.45, 7) is 6.39. The van der Waals surface area contributed by atoms with E-state index in [0.29, 0.717) is 30.0 Å². The van der Waals surface area contributed by atoms with Crippen LogP contribution in [0.1, 0.15) is 78.6 Å². The molecule has 4 aliphatic rings. The second-order valence-corrected chi connectivity index (χ2v) is 11.6. The van der Waals surface area contributed by atoms with Crippen molar-refractivity contribution in [2.75, 3.05) is 0 Å². The third-order valence-electron chi connectivity index (χ3n) is 9.44. The molecule has 0 amide bonds. The Morgan fingerprint density at radius 3 is 2.24 bits per heavy atom. The second-order valence-electron chi connectivity index (χ2n) is 10.6. The van der Waals surface area contributed by atoms with Gasteiger partial charge in [0.25, 0.3) is 0 Å². The van der Waals surface area contributed by atoms with Crippen molar-refractivity contribution in [3.05, 3.63) is 0 Å². The molecule has 0 aromatic rings. The number of Topliss-reactive ketones (excluding diaryl/α,β-unsaturated/α-hetero) is 1. The van der Waals surface area contributed by atoms with Gasteiger partial charge in [-0.2, -0.15) is 8.42 Å². The molecule has 0 heterocycles. The number of fused-ring (bicyclic) bond motifs is 5. The van der Waals surface area contributed by atoms with Gasteiger partial charge in [-0.15, -0.1) is 0 Å². The van der Waals surface area contributed by atoms with E-state index in [1.807, 2.05) is 0 Å². The summed E-state index contributed by atoms with van der Waals surface area (Å²) in [5, 5.41) is 10.6. The average molecular weight is 439 g/mol. The van der Waals surface area contributed by atoms with Crippen molar-refractivity contribution in [1.29, 1.82) is 0 Å². The minimum atomic E-state index is -4.68. The zero-order chi connectivity index (χ0) is 20.5. The van der Waals surface area contributed by atoms with Gasteiger partial charge in [-0.3, -0.25) is 9.35 Å². The molecule has 0 aliphatic heterocycles. The standard InChI is InChI=1S/C21H34O6S.Na.H/c1-13(22)16-6-7-17-15-5-4-14-12-21(23,27-28(24,25)26)11-10-19(14,2)18(15)8-9-20(16,17)3;;/h14-18,23H,4-12H2,1-3H3,(H,24,25,26);;/t14-,15+,16+,17?,18+,19-,20+,21+;;/m0../s1. The molecule has 0 saturated heterocycles. The van der Waals surface area contributed by atoms with E-state index in [4.69, 9.17) is 4.55 Å². The number of carbonyl (C=O) groups is 1. The number of rotatable bonds is 3. The van der Waals surface area contributed by atoms with E-state index in [-0.39, 0.29) is 65.1 Å². The molecule has 8 atom stereocenters. The van der Waals surface area contributed by atoms with Gasteiger partial charge in [-0.25, -0.2) is 4.18 Å². The van der Waals surface area contributed by atoms with Crippen molar-refractivity contribution in [1.82, 2.24) is 0 Å². The van der Waals surface area contributed by atoms with E-state index < -0.39 is 16.2 Å². The van der Waals surface area contributed by atoms with Crippen molar-refractivity contribution in [2.24, 2.45) is 40.4 Å². The molecule has 0 aromatic carbocycles. The SMILES string of the molecule is CC(=O)[C@H]1CCC2[C@H]3CC[C@H]4C[C@](O)(OS(=O)(=O)O)CC[C@]4(C)[C@@H]3CC[C@@]21C.[NaH]. The monoisotopic (exact) mass is 438 g/mol. The minimum absolute atomic E-state index is 0. The summed E-state index contributed by atoms with van der Waals surface area (Å²) >= 11 is 0. The van der Waals surface area contributed by atoms with Crippen LogP contribution in [0.3, 0.4) is 0 Å². The molecule has 29 heavy (non-hydrogen) atoms. The van der Waals surface area contributed by atoms with Gasteiger partial charge in [0.05, 0.1) is 0 Å². The molecule has 2 N–H and O–H groups in total. The van der Waals surface area contributed by atoms with E-state index in [2.05, 4.69) is 18.0 Å². The number of aliphatic hydroxyl groups is 1. The van der Waals surface area contributed by atoms with E-state index in [9.17, 15) is 18.3 Å². The molecule has 0 aromatic heterocycles. The van der Waals surface area contributed by atoms with Crippen LogP contribution in [-0.4, -0.2) is 59.2 Å². The maximum atomic E-state index is 12.2. The van der Waals surface area contributed by atoms with Crippen LogP contribution in [-0.2, 0) is 19.4 Å². The molecule has 4 saturated carbocycles. The Hall–Kier alpha value is 0.500. The van der Waals surface area contributed by atoms with E-state index >= 15 is 0 Å². The Labute approximate surface area is 196 Å². The van der Waals surface area contributed by atoms with Gasteiger partial charge in [0, 0.05) is 18.8 Å². The Bertz CT molecular complexity index is 771. The van der Waals surface area contributed by atoms with Crippen molar-refractivity contribution in [2.45, 2.75) is 84.3 Å². The van der Waals surface area contributed by atoms with Crippen LogP contribution in [0.2, 0.25) is 0 Å². The zero-order valence-electron chi connectivity index (χ0n) is 17.2. The predicted octanol–water partition coefficient (Wildman–Crippen LogP) is 3.09. The molecule has 4 rings (SSSR count). The summed E-state index contributed by atoms with van der Waals surface area (Å²) in [5.41, 5.74) is 0.174. The van der Waals surface area contributed by atoms with Gasteiger partial charge in [0.15, 0.2) is 5.79 Å². The average Bonchev–Trinajstić information content (AvgIpc) is 2.91. The predicted molar refractivity (Wildman–Crippen MR) is 111 cm³/mol. The number of ketones is 1. The van der Waals surface area contributed by atoms with Gasteiger partial charge in [-0.05, 0) is 86.4 Å². The molecule has 6 nitrogen and oxygen atoms in total. The normalized spacial score (nSPS) is 49.3. The van der Waals surface area contributed by atoms with Gasteiger partial charge in [0.2, 0.25) is 0 Å². The Balaban J connectivity index is 0.00000240.